The lowest BCUT2D eigenvalue weighted by molar-refractivity contribution is 0.102. The maximum atomic E-state index is 12.9. The second-order valence-electron chi connectivity index (χ2n) is 8.79. The van der Waals surface area contributed by atoms with Crippen LogP contribution in [0.2, 0.25) is 0 Å². The van der Waals surface area contributed by atoms with Gasteiger partial charge in [-0.05, 0) is 57.9 Å². The van der Waals surface area contributed by atoms with E-state index in [-0.39, 0.29) is 16.3 Å². The van der Waals surface area contributed by atoms with Crippen molar-refractivity contribution in [2.75, 3.05) is 18.4 Å². The van der Waals surface area contributed by atoms with Gasteiger partial charge in [-0.3, -0.25) is 4.79 Å². The molecular formula is C21H28N4O3S2. The number of nitrogens with zero attached hydrogens (tertiary/aromatic N) is 3. The maximum absolute atomic E-state index is 12.9. The molecule has 7 nitrogen and oxygen atoms in total. The zero-order valence-electron chi connectivity index (χ0n) is 17.6. The average Bonchev–Trinajstić information content (AvgIpc) is 3.31. The van der Waals surface area contributed by atoms with Crippen molar-refractivity contribution in [1.29, 1.82) is 0 Å². The van der Waals surface area contributed by atoms with Gasteiger partial charge < -0.3 is 5.32 Å². The molecule has 1 aromatic heterocycles. The van der Waals surface area contributed by atoms with Crippen LogP contribution in [0.3, 0.4) is 0 Å². The molecule has 1 N–H and O–H groups in total. The van der Waals surface area contributed by atoms with Crippen molar-refractivity contribution in [3.8, 4) is 0 Å². The van der Waals surface area contributed by atoms with E-state index in [1.54, 1.807) is 23.9 Å². The summed E-state index contributed by atoms with van der Waals surface area (Å²) in [6.07, 6.45) is 2.85. The van der Waals surface area contributed by atoms with Crippen LogP contribution in [0.25, 0.3) is 0 Å². The zero-order valence-corrected chi connectivity index (χ0v) is 19.3. The quantitative estimate of drug-likeness (QED) is 0.769. The van der Waals surface area contributed by atoms with Crippen LogP contribution in [0.5, 0.6) is 0 Å². The highest BCUT2D eigenvalue weighted by Gasteiger charge is 2.29. The predicted octanol–water partition coefficient (Wildman–Crippen LogP) is 3.81. The first-order valence-corrected chi connectivity index (χ1v) is 12.9. The lowest BCUT2D eigenvalue weighted by atomic mass is 10.1. The molecule has 1 amide bonds. The molecule has 1 saturated heterocycles. The number of amides is 1. The summed E-state index contributed by atoms with van der Waals surface area (Å²) in [6, 6.07) is 6.22. The zero-order chi connectivity index (χ0) is 21.5. The smallest absolute Gasteiger partial charge is 0.256 e. The summed E-state index contributed by atoms with van der Waals surface area (Å²) in [7, 11) is -3.50. The Bertz CT molecular complexity index is 1050. The van der Waals surface area contributed by atoms with E-state index in [4.69, 9.17) is 5.10 Å². The molecule has 2 aromatic rings. The Balaban J connectivity index is 1.56. The van der Waals surface area contributed by atoms with E-state index < -0.39 is 10.0 Å². The average molecular weight is 449 g/mol. The van der Waals surface area contributed by atoms with Crippen LogP contribution >= 0.6 is 11.8 Å². The Kier molecular flexibility index (Phi) is 5.71. The lowest BCUT2D eigenvalue weighted by Crippen LogP contribution is -2.35. The molecule has 2 aliphatic heterocycles. The third kappa shape index (κ3) is 4.02. The molecule has 0 bridgehead atoms. The van der Waals surface area contributed by atoms with Crippen molar-refractivity contribution in [1.82, 2.24) is 14.1 Å². The second-order valence-corrected chi connectivity index (χ2v) is 11.7. The highest BCUT2D eigenvalue weighted by atomic mass is 32.2. The molecule has 0 saturated carbocycles. The molecule has 0 spiro atoms. The molecule has 2 aliphatic rings. The van der Waals surface area contributed by atoms with Crippen LogP contribution in [-0.2, 0) is 27.1 Å². The van der Waals surface area contributed by atoms with Crippen LogP contribution in [0, 0.1) is 0 Å². The minimum atomic E-state index is -3.50. The number of anilines is 1. The molecular weight excluding hydrogens is 420 g/mol. The van der Waals surface area contributed by atoms with Gasteiger partial charge in [0, 0.05) is 35.7 Å². The number of carbonyl (C=O) groups excluding carboxylic acids is 1. The molecule has 162 valence electrons. The summed E-state index contributed by atoms with van der Waals surface area (Å²) in [5.74, 6) is 2.15. The van der Waals surface area contributed by atoms with Crippen LogP contribution in [0.15, 0.2) is 29.2 Å². The second kappa shape index (κ2) is 8.01. The number of aromatic nitrogens is 2. The Hall–Kier alpha value is -1.84. The van der Waals surface area contributed by atoms with E-state index in [0.29, 0.717) is 18.7 Å². The molecule has 1 fully saturated rings. The number of benzene rings is 1. The highest BCUT2D eigenvalue weighted by molar-refractivity contribution is 7.98. The first-order valence-electron chi connectivity index (χ1n) is 10.3. The highest BCUT2D eigenvalue weighted by Crippen LogP contribution is 2.37. The topological polar surface area (TPSA) is 84.3 Å². The summed E-state index contributed by atoms with van der Waals surface area (Å²) < 4.78 is 29.1. The van der Waals surface area contributed by atoms with E-state index in [1.807, 2.05) is 4.68 Å². The first kappa shape index (κ1) is 21.4. The molecule has 0 radical (unpaired) electrons. The van der Waals surface area contributed by atoms with Crippen molar-refractivity contribution < 1.29 is 13.2 Å². The summed E-state index contributed by atoms with van der Waals surface area (Å²) >= 11 is 1.79. The van der Waals surface area contributed by atoms with Gasteiger partial charge in [0.05, 0.1) is 16.1 Å². The third-order valence-corrected chi connectivity index (χ3v) is 8.37. The molecule has 0 aliphatic carbocycles. The van der Waals surface area contributed by atoms with E-state index in [1.165, 1.54) is 16.4 Å². The fourth-order valence-corrected chi connectivity index (χ4v) is 6.39. The van der Waals surface area contributed by atoms with Gasteiger partial charge in [-0.15, -0.1) is 0 Å². The Morgan fingerprint density at radius 2 is 1.73 bits per heavy atom. The summed E-state index contributed by atoms with van der Waals surface area (Å²) in [5.41, 5.74) is 2.26. The minimum Gasteiger partial charge on any atom is -0.306 e. The van der Waals surface area contributed by atoms with Gasteiger partial charge in [-0.2, -0.15) is 21.2 Å². The lowest BCUT2D eigenvalue weighted by Gasteiger charge is -2.26. The van der Waals surface area contributed by atoms with Gasteiger partial charge in [0.25, 0.3) is 5.91 Å². The van der Waals surface area contributed by atoms with Crippen molar-refractivity contribution in [2.45, 2.75) is 62.0 Å². The van der Waals surface area contributed by atoms with Crippen LogP contribution in [0.1, 0.15) is 61.6 Å². The molecule has 0 unspecified atom stereocenters. The molecule has 0 atom stereocenters. The predicted molar refractivity (Wildman–Crippen MR) is 119 cm³/mol. The van der Waals surface area contributed by atoms with E-state index in [2.05, 4.69) is 26.1 Å². The van der Waals surface area contributed by atoms with E-state index in [0.717, 1.165) is 47.8 Å². The molecule has 30 heavy (non-hydrogen) atoms. The molecule has 4 rings (SSSR count). The first-order chi connectivity index (χ1) is 14.2. The summed E-state index contributed by atoms with van der Waals surface area (Å²) in [5, 5.41) is 7.73. The van der Waals surface area contributed by atoms with Crippen LogP contribution < -0.4 is 5.32 Å². The minimum absolute atomic E-state index is 0.234. The van der Waals surface area contributed by atoms with Crippen molar-refractivity contribution >= 4 is 33.5 Å². The number of hydrogen-bond donors (Lipinski definition) is 1. The fourth-order valence-electron chi connectivity index (χ4n) is 3.84. The Labute approximate surface area is 182 Å². The fraction of sp³-hybridized carbons (Fsp3) is 0.524. The van der Waals surface area contributed by atoms with Gasteiger partial charge in [0.1, 0.15) is 5.82 Å². The number of sulfonamides is 1. The number of hydrogen-bond acceptors (Lipinski definition) is 5. The number of rotatable bonds is 4. The number of nitrogens with one attached hydrogen (secondary N) is 1. The summed E-state index contributed by atoms with van der Waals surface area (Å²) in [4.78, 5) is 13.2. The van der Waals surface area contributed by atoms with Crippen molar-refractivity contribution in [3.05, 3.63) is 41.1 Å². The Morgan fingerprint density at radius 3 is 2.37 bits per heavy atom. The third-order valence-electron chi connectivity index (χ3n) is 5.49. The van der Waals surface area contributed by atoms with Gasteiger partial charge in [0.2, 0.25) is 10.0 Å². The van der Waals surface area contributed by atoms with E-state index >= 15 is 0 Å². The molecule has 3 heterocycles. The normalized spacial score (nSPS) is 17.7. The number of thioether (sulfide) groups is 1. The SMILES string of the molecule is CC(C)(C)n1nc2c(c1NC(=O)c1ccc(S(=O)(=O)N3CCCCC3)cc1)CSC2. The number of carbonyl (C=O) groups is 1. The summed E-state index contributed by atoms with van der Waals surface area (Å²) in [6.45, 7) is 7.28. The van der Waals surface area contributed by atoms with Gasteiger partial charge in [-0.1, -0.05) is 6.42 Å². The van der Waals surface area contributed by atoms with E-state index in [9.17, 15) is 13.2 Å². The van der Waals surface area contributed by atoms with Gasteiger partial charge >= 0.3 is 0 Å². The van der Waals surface area contributed by atoms with Gasteiger partial charge in [0.15, 0.2) is 0 Å². The van der Waals surface area contributed by atoms with Crippen molar-refractivity contribution in [3.63, 3.8) is 0 Å². The monoisotopic (exact) mass is 448 g/mol. The molecule has 1 aromatic carbocycles. The number of fused-ring (bicyclic) bond motifs is 1. The van der Waals surface area contributed by atoms with Gasteiger partial charge in [-0.25, -0.2) is 13.1 Å². The number of piperidine rings is 1. The standard InChI is InChI=1S/C21H28N4O3S2/c1-21(2,3)25-19(17-13-29-14-18(17)23-25)22-20(26)15-7-9-16(10-8-15)30(27,28)24-11-5-4-6-12-24/h7-10H,4-6,11-14H2,1-3H3,(H,22,26). The Morgan fingerprint density at radius 1 is 1.07 bits per heavy atom. The van der Waals surface area contributed by atoms with Crippen LogP contribution in [-0.4, -0.2) is 41.5 Å². The largest absolute Gasteiger partial charge is 0.306 e. The molecule has 9 heteroatoms. The van der Waals surface area contributed by atoms with Crippen LogP contribution in [0.4, 0.5) is 5.82 Å². The van der Waals surface area contributed by atoms with Crippen molar-refractivity contribution in [2.24, 2.45) is 0 Å². The maximum Gasteiger partial charge on any atom is 0.256 e.